The zero-order chi connectivity index (χ0) is 22.0. The van der Waals surface area contributed by atoms with Gasteiger partial charge in [-0.3, -0.25) is 13.9 Å². The van der Waals surface area contributed by atoms with Crippen molar-refractivity contribution in [3.63, 3.8) is 0 Å². The summed E-state index contributed by atoms with van der Waals surface area (Å²) >= 11 is 0. The molecule has 10 heteroatoms. The maximum Gasteiger partial charge on any atom is 0.329 e. The van der Waals surface area contributed by atoms with Crippen LogP contribution in [0.25, 0.3) is 16.7 Å². The summed E-state index contributed by atoms with van der Waals surface area (Å²) in [7, 11) is 0. The van der Waals surface area contributed by atoms with Crippen molar-refractivity contribution < 1.29 is 9.18 Å². The van der Waals surface area contributed by atoms with Crippen molar-refractivity contribution in [2.45, 2.75) is 39.8 Å². The first-order valence-electron chi connectivity index (χ1n) is 10.0. The van der Waals surface area contributed by atoms with Crippen LogP contribution in [-0.2, 0) is 17.9 Å². The molecular formula is C21H22FN7O2. The quantitative estimate of drug-likeness (QED) is 0.493. The van der Waals surface area contributed by atoms with E-state index in [0.717, 1.165) is 17.5 Å². The summed E-state index contributed by atoms with van der Waals surface area (Å²) in [5.41, 5.74) is 2.08. The molecule has 2 heterocycles. The highest BCUT2D eigenvalue weighted by molar-refractivity contribution is 5.91. The molecule has 4 aromatic rings. The molecule has 0 bridgehead atoms. The van der Waals surface area contributed by atoms with Gasteiger partial charge in [0.05, 0.1) is 11.0 Å². The number of aromatic nitrogens is 6. The lowest BCUT2D eigenvalue weighted by molar-refractivity contribution is -0.116. The number of fused-ring (bicyclic) bond motifs is 1. The maximum absolute atomic E-state index is 14.2. The minimum absolute atomic E-state index is 0.0939. The van der Waals surface area contributed by atoms with Crippen LogP contribution in [0.3, 0.4) is 0 Å². The van der Waals surface area contributed by atoms with Crippen LogP contribution in [0.15, 0.2) is 47.3 Å². The Bertz CT molecular complexity index is 1300. The first kappa shape index (κ1) is 20.5. The highest BCUT2D eigenvalue weighted by Crippen LogP contribution is 2.19. The molecule has 1 N–H and O–H groups in total. The van der Waals surface area contributed by atoms with Gasteiger partial charge >= 0.3 is 5.69 Å². The average Bonchev–Trinajstić information content (AvgIpc) is 3.30. The smallest absolute Gasteiger partial charge is 0.326 e. The van der Waals surface area contributed by atoms with Crippen molar-refractivity contribution in [3.05, 3.63) is 64.6 Å². The Morgan fingerprint density at radius 3 is 2.45 bits per heavy atom. The third-order valence-corrected chi connectivity index (χ3v) is 5.02. The van der Waals surface area contributed by atoms with Crippen molar-refractivity contribution >= 4 is 22.6 Å². The standard InChI is InChI=1S/C21H22FN7O2/c1-3-11-27-17-6-4-5-7-18(17)28(21(27)31)12-10-20(30)23-15-8-9-16(22)19(13-15)29-14(2)24-25-26-29/h4-9,13H,3,10-12H2,1-2H3,(H,23,30). The zero-order valence-corrected chi connectivity index (χ0v) is 17.2. The van der Waals surface area contributed by atoms with Crippen LogP contribution < -0.4 is 11.0 Å². The van der Waals surface area contributed by atoms with Gasteiger partial charge in [0.25, 0.3) is 0 Å². The van der Waals surface area contributed by atoms with E-state index in [1.807, 2.05) is 31.2 Å². The van der Waals surface area contributed by atoms with Crippen LogP contribution in [0, 0.1) is 12.7 Å². The molecule has 160 valence electrons. The van der Waals surface area contributed by atoms with Gasteiger partial charge in [0.1, 0.15) is 11.5 Å². The Labute approximate surface area is 177 Å². The molecule has 4 rings (SSSR count). The van der Waals surface area contributed by atoms with Crippen LogP contribution in [0.5, 0.6) is 0 Å². The molecule has 0 unspecified atom stereocenters. The molecule has 0 aliphatic rings. The summed E-state index contributed by atoms with van der Waals surface area (Å²) in [6.07, 6.45) is 0.929. The largest absolute Gasteiger partial charge is 0.329 e. The van der Waals surface area contributed by atoms with Gasteiger partial charge in [-0.05, 0) is 54.1 Å². The second kappa shape index (κ2) is 8.50. The first-order valence-corrected chi connectivity index (χ1v) is 10.0. The molecular weight excluding hydrogens is 401 g/mol. The minimum atomic E-state index is -0.510. The van der Waals surface area contributed by atoms with E-state index in [1.54, 1.807) is 16.1 Å². The molecule has 0 radical (unpaired) electrons. The molecule has 9 nitrogen and oxygen atoms in total. The summed E-state index contributed by atoms with van der Waals surface area (Å²) in [5, 5.41) is 13.8. The van der Waals surface area contributed by atoms with Crippen LogP contribution in [0.1, 0.15) is 25.6 Å². The second-order valence-electron chi connectivity index (χ2n) is 7.18. The molecule has 0 spiro atoms. The Hall–Kier alpha value is -3.82. The van der Waals surface area contributed by atoms with Gasteiger partial charge < -0.3 is 5.32 Å². The number of benzene rings is 2. The number of hydrogen-bond donors (Lipinski definition) is 1. The van der Waals surface area contributed by atoms with Gasteiger partial charge in [-0.1, -0.05) is 19.1 Å². The first-order chi connectivity index (χ1) is 15.0. The number of nitrogens with one attached hydrogen (secondary N) is 1. The Morgan fingerprint density at radius 1 is 1.10 bits per heavy atom. The number of para-hydroxylation sites is 2. The van der Waals surface area contributed by atoms with Crippen LogP contribution in [0.4, 0.5) is 10.1 Å². The Balaban J connectivity index is 1.52. The summed E-state index contributed by atoms with van der Waals surface area (Å²) in [4.78, 5) is 25.4. The Kier molecular flexibility index (Phi) is 5.61. The lowest BCUT2D eigenvalue weighted by atomic mass is 10.2. The van der Waals surface area contributed by atoms with E-state index in [-0.39, 0.29) is 30.2 Å². The number of carbonyl (C=O) groups is 1. The van der Waals surface area contributed by atoms with Crippen molar-refractivity contribution in [3.8, 4) is 5.69 Å². The lowest BCUT2D eigenvalue weighted by Crippen LogP contribution is -2.26. The number of tetrazole rings is 1. The normalized spacial score (nSPS) is 11.2. The number of aryl methyl sites for hydroxylation is 3. The second-order valence-corrected chi connectivity index (χ2v) is 7.18. The van der Waals surface area contributed by atoms with Crippen LogP contribution >= 0.6 is 0 Å². The van der Waals surface area contributed by atoms with E-state index in [0.29, 0.717) is 18.1 Å². The number of halogens is 1. The summed E-state index contributed by atoms with van der Waals surface area (Å²) in [6.45, 7) is 4.52. The predicted octanol–water partition coefficient (Wildman–Crippen LogP) is 2.67. The molecule has 0 saturated carbocycles. The van der Waals surface area contributed by atoms with Crippen molar-refractivity contribution in [1.29, 1.82) is 0 Å². The number of hydrogen-bond acceptors (Lipinski definition) is 5. The molecule has 2 aromatic heterocycles. The van der Waals surface area contributed by atoms with Crippen molar-refractivity contribution in [1.82, 2.24) is 29.3 Å². The number of nitrogens with zero attached hydrogens (tertiary/aromatic N) is 6. The van der Waals surface area contributed by atoms with Gasteiger partial charge in [-0.2, -0.15) is 4.68 Å². The fourth-order valence-electron chi connectivity index (χ4n) is 3.57. The molecule has 0 fully saturated rings. The van der Waals surface area contributed by atoms with Gasteiger partial charge in [-0.25, -0.2) is 9.18 Å². The lowest BCUT2D eigenvalue weighted by Gasteiger charge is -2.09. The summed E-state index contributed by atoms with van der Waals surface area (Å²) < 4.78 is 18.8. The van der Waals surface area contributed by atoms with Gasteiger partial charge in [-0.15, -0.1) is 5.10 Å². The van der Waals surface area contributed by atoms with Gasteiger partial charge in [0, 0.05) is 25.2 Å². The number of imidazole rings is 1. The monoisotopic (exact) mass is 423 g/mol. The molecule has 0 aliphatic heterocycles. The van der Waals surface area contributed by atoms with E-state index in [2.05, 4.69) is 20.8 Å². The summed E-state index contributed by atoms with van der Waals surface area (Å²) in [6, 6.07) is 11.7. The van der Waals surface area contributed by atoms with Crippen molar-refractivity contribution in [2.24, 2.45) is 0 Å². The number of anilines is 1. The molecule has 0 aliphatic carbocycles. The fourth-order valence-corrected chi connectivity index (χ4v) is 3.57. The third-order valence-electron chi connectivity index (χ3n) is 5.02. The molecule has 2 aromatic carbocycles. The molecule has 1 amide bonds. The average molecular weight is 423 g/mol. The highest BCUT2D eigenvalue weighted by Gasteiger charge is 2.15. The predicted molar refractivity (Wildman–Crippen MR) is 114 cm³/mol. The van der Waals surface area contributed by atoms with E-state index in [1.165, 1.54) is 22.9 Å². The SMILES string of the molecule is CCCn1c(=O)n(CCC(=O)Nc2ccc(F)c(-n3nnnc3C)c2)c2ccccc21. The zero-order valence-electron chi connectivity index (χ0n) is 17.2. The van der Waals surface area contributed by atoms with Crippen LogP contribution in [-0.4, -0.2) is 35.2 Å². The number of amides is 1. The van der Waals surface area contributed by atoms with Gasteiger partial charge in [0.15, 0.2) is 5.82 Å². The minimum Gasteiger partial charge on any atom is -0.326 e. The third kappa shape index (κ3) is 3.96. The molecule has 31 heavy (non-hydrogen) atoms. The highest BCUT2D eigenvalue weighted by atomic mass is 19.1. The molecule has 0 atom stereocenters. The maximum atomic E-state index is 14.2. The summed E-state index contributed by atoms with van der Waals surface area (Å²) in [5.74, 6) is -0.376. The Morgan fingerprint density at radius 2 is 1.81 bits per heavy atom. The van der Waals surface area contributed by atoms with Gasteiger partial charge in [0.2, 0.25) is 5.91 Å². The van der Waals surface area contributed by atoms with Crippen molar-refractivity contribution in [2.75, 3.05) is 5.32 Å². The van der Waals surface area contributed by atoms with Crippen LogP contribution in [0.2, 0.25) is 0 Å². The van der Waals surface area contributed by atoms with E-state index in [4.69, 9.17) is 0 Å². The van der Waals surface area contributed by atoms with E-state index in [9.17, 15) is 14.0 Å². The van der Waals surface area contributed by atoms with E-state index < -0.39 is 5.82 Å². The van der Waals surface area contributed by atoms with E-state index >= 15 is 0 Å². The molecule has 0 saturated heterocycles. The number of rotatable bonds is 7. The topological polar surface area (TPSA) is 99.6 Å². The number of carbonyl (C=O) groups excluding carboxylic acids is 1. The fraction of sp³-hybridized carbons (Fsp3) is 0.286.